The summed E-state index contributed by atoms with van der Waals surface area (Å²) in [5, 5.41) is 4.29. The van der Waals surface area contributed by atoms with Gasteiger partial charge in [0.15, 0.2) is 0 Å². The summed E-state index contributed by atoms with van der Waals surface area (Å²) >= 11 is 0. The van der Waals surface area contributed by atoms with Gasteiger partial charge in [0, 0.05) is 25.4 Å². The predicted molar refractivity (Wildman–Crippen MR) is 128 cm³/mol. The van der Waals surface area contributed by atoms with Crippen LogP contribution < -0.4 is 4.74 Å². The third kappa shape index (κ3) is 4.02. The first-order valence-corrected chi connectivity index (χ1v) is 11.0. The van der Waals surface area contributed by atoms with Crippen LogP contribution in [-0.2, 0) is 0 Å². The lowest BCUT2D eigenvalue weighted by Gasteiger charge is -2.42. The fourth-order valence-corrected chi connectivity index (χ4v) is 4.35. The molecule has 1 aromatic heterocycles. The van der Waals surface area contributed by atoms with E-state index in [9.17, 15) is 4.39 Å². The zero-order valence-electron chi connectivity index (χ0n) is 19.0. The van der Waals surface area contributed by atoms with E-state index in [1.165, 1.54) is 17.7 Å². The van der Waals surface area contributed by atoms with Crippen LogP contribution in [-0.4, -0.2) is 46.1 Å². The van der Waals surface area contributed by atoms with E-state index < -0.39 is 0 Å². The highest BCUT2D eigenvalue weighted by Crippen LogP contribution is 2.32. The summed E-state index contributed by atoms with van der Waals surface area (Å²) in [6.45, 7) is 2.85. The van der Waals surface area contributed by atoms with Gasteiger partial charge in [0.2, 0.25) is 0 Å². The van der Waals surface area contributed by atoms with Gasteiger partial charge in [0.25, 0.3) is 0 Å². The Balaban J connectivity index is 1.48. The van der Waals surface area contributed by atoms with E-state index in [4.69, 9.17) is 9.73 Å². The summed E-state index contributed by atoms with van der Waals surface area (Å²) < 4.78 is 21.0. The van der Waals surface area contributed by atoms with Gasteiger partial charge in [0.05, 0.1) is 36.7 Å². The van der Waals surface area contributed by atoms with Crippen molar-refractivity contribution >= 4 is 17.6 Å². The number of aliphatic imine (C=N–C) groups is 1. The molecule has 2 aromatic carbocycles. The van der Waals surface area contributed by atoms with Gasteiger partial charge < -0.3 is 9.30 Å². The van der Waals surface area contributed by atoms with Crippen LogP contribution >= 0.6 is 0 Å². The standard InChI is InChI=1S/C26H26FN5O/c1-18-16-31(17-29-18)23-11-6-19(14-25(23)33-3)13-21-5-4-12-32-26(21)28-15-24(30(32)2)20-7-9-22(27)10-8-20/h6-11,13-17H,4-5,12H2,1-3H3/b21-13+. The fourth-order valence-electron chi connectivity index (χ4n) is 4.35. The van der Waals surface area contributed by atoms with Gasteiger partial charge in [-0.1, -0.05) is 6.07 Å². The van der Waals surface area contributed by atoms with Crippen molar-refractivity contribution in [1.82, 2.24) is 19.6 Å². The smallest absolute Gasteiger partial charge is 0.150 e. The molecule has 0 bridgehead atoms. The van der Waals surface area contributed by atoms with Crippen LogP contribution in [0.1, 0.15) is 29.7 Å². The van der Waals surface area contributed by atoms with E-state index in [2.05, 4.69) is 27.1 Å². The molecule has 0 amide bonds. The zero-order valence-corrected chi connectivity index (χ0v) is 19.0. The third-order valence-corrected chi connectivity index (χ3v) is 6.04. The van der Waals surface area contributed by atoms with Crippen molar-refractivity contribution in [3.05, 3.63) is 89.4 Å². The summed E-state index contributed by atoms with van der Waals surface area (Å²) in [5.41, 5.74) is 6.03. The SMILES string of the molecule is COc1cc(/C=C2\CCCN3C2=NC=C(c2ccc(F)cc2)N3C)ccc1-n1cnc(C)c1. The zero-order chi connectivity index (χ0) is 22.9. The molecule has 7 heteroatoms. The summed E-state index contributed by atoms with van der Waals surface area (Å²) in [7, 11) is 3.71. The maximum absolute atomic E-state index is 13.4. The van der Waals surface area contributed by atoms with E-state index in [-0.39, 0.29) is 5.82 Å². The number of nitrogens with zero attached hydrogens (tertiary/aromatic N) is 5. The first kappa shape index (κ1) is 21.0. The number of aromatic nitrogens is 2. The Labute approximate surface area is 192 Å². The average Bonchev–Trinajstić information content (AvgIpc) is 3.26. The number of hydrogen-bond donors (Lipinski definition) is 0. The Hall–Kier alpha value is -3.87. The van der Waals surface area contributed by atoms with Crippen molar-refractivity contribution in [3.63, 3.8) is 0 Å². The van der Waals surface area contributed by atoms with Gasteiger partial charge in [-0.25, -0.2) is 14.4 Å². The van der Waals surface area contributed by atoms with Crippen molar-refractivity contribution in [1.29, 1.82) is 0 Å². The number of methoxy groups -OCH3 is 1. The van der Waals surface area contributed by atoms with Crippen molar-refractivity contribution in [2.24, 2.45) is 4.99 Å². The second-order valence-electron chi connectivity index (χ2n) is 8.25. The van der Waals surface area contributed by atoms with E-state index in [1.807, 2.05) is 43.1 Å². The number of aryl methyl sites for hydroxylation is 1. The Morgan fingerprint density at radius 3 is 2.67 bits per heavy atom. The number of hydrogen-bond acceptors (Lipinski definition) is 5. The largest absolute Gasteiger partial charge is 0.495 e. The van der Waals surface area contributed by atoms with Gasteiger partial charge in [-0.3, -0.25) is 10.0 Å². The number of rotatable bonds is 4. The molecule has 1 fully saturated rings. The molecule has 5 rings (SSSR count). The number of imidazole rings is 1. The molecule has 0 unspecified atom stereocenters. The Kier molecular flexibility index (Phi) is 5.46. The molecule has 0 atom stereocenters. The Morgan fingerprint density at radius 1 is 1.12 bits per heavy atom. The highest BCUT2D eigenvalue weighted by atomic mass is 19.1. The molecule has 0 saturated carbocycles. The molecule has 6 nitrogen and oxygen atoms in total. The molecular weight excluding hydrogens is 417 g/mol. The van der Waals surface area contributed by atoms with Crippen molar-refractivity contribution in [2.75, 3.05) is 20.7 Å². The first-order valence-electron chi connectivity index (χ1n) is 11.0. The molecule has 2 aliphatic rings. The maximum atomic E-state index is 13.4. The molecule has 168 valence electrons. The lowest BCUT2D eigenvalue weighted by Crippen LogP contribution is -2.48. The van der Waals surface area contributed by atoms with E-state index >= 15 is 0 Å². The number of halogens is 1. The summed E-state index contributed by atoms with van der Waals surface area (Å²) in [4.78, 5) is 9.12. The Morgan fingerprint density at radius 2 is 1.94 bits per heavy atom. The number of fused-ring (bicyclic) bond motifs is 1. The normalized spacial score (nSPS) is 17.0. The topological polar surface area (TPSA) is 45.9 Å². The van der Waals surface area contributed by atoms with Crippen LogP contribution in [0.3, 0.4) is 0 Å². The van der Waals surface area contributed by atoms with Gasteiger partial charge >= 0.3 is 0 Å². The predicted octanol–water partition coefficient (Wildman–Crippen LogP) is 5.07. The number of piperidine rings is 1. The van der Waals surface area contributed by atoms with Gasteiger partial charge in [-0.2, -0.15) is 0 Å². The number of benzene rings is 2. The van der Waals surface area contributed by atoms with E-state index in [1.54, 1.807) is 25.6 Å². The molecule has 0 spiro atoms. The molecule has 1 saturated heterocycles. The van der Waals surface area contributed by atoms with Crippen molar-refractivity contribution in [2.45, 2.75) is 19.8 Å². The van der Waals surface area contributed by atoms with Gasteiger partial charge in [-0.05, 0) is 73.4 Å². The summed E-state index contributed by atoms with van der Waals surface area (Å²) in [5.74, 6) is 1.49. The molecule has 3 heterocycles. The molecule has 0 aliphatic carbocycles. The summed E-state index contributed by atoms with van der Waals surface area (Å²) in [6.07, 6.45) is 9.79. The lowest BCUT2D eigenvalue weighted by molar-refractivity contribution is 0.139. The summed E-state index contributed by atoms with van der Waals surface area (Å²) in [6, 6.07) is 12.7. The van der Waals surface area contributed by atoms with Gasteiger partial charge in [0.1, 0.15) is 17.4 Å². The van der Waals surface area contributed by atoms with Gasteiger partial charge in [-0.15, -0.1) is 0 Å². The molecule has 0 radical (unpaired) electrons. The quantitative estimate of drug-likeness (QED) is 0.565. The molecule has 3 aromatic rings. The number of amidine groups is 1. The average molecular weight is 444 g/mol. The van der Waals surface area contributed by atoms with Crippen LogP contribution in [0.25, 0.3) is 17.5 Å². The minimum atomic E-state index is -0.241. The van der Waals surface area contributed by atoms with Crippen LogP contribution in [0.5, 0.6) is 5.75 Å². The molecular formula is C26H26FN5O. The van der Waals surface area contributed by atoms with Crippen LogP contribution in [0.15, 0.2) is 71.8 Å². The highest BCUT2D eigenvalue weighted by molar-refractivity contribution is 6.04. The lowest BCUT2D eigenvalue weighted by atomic mass is 10.00. The minimum Gasteiger partial charge on any atom is -0.495 e. The molecule has 2 aliphatic heterocycles. The maximum Gasteiger partial charge on any atom is 0.150 e. The van der Waals surface area contributed by atoms with Crippen LogP contribution in [0, 0.1) is 12.7 Å². The van der Waals surface area contributed by atoms with Crippen molar-refractivity contribution < 1.29 is 9.13 Å². The Bertz CT molecular complexity index is 1270. The van der Waals surface area contributed by atoms with Crippen LogP contribution in [0.2, 0.25) is 0 Å². The third-order valence-electron chi connectivity index (χ3n) is 6.04. The monoisotopic (exact) mass is 443 g/mol. The fraction of sp³-hybridized carbons (Fsp3) is 0.231. The molecule has 0 N–H and O–H groups in total. The van der Waals surface area contributed by atoms with E-state index in [0.717, 1.165) is 59.2 Å². The number of hydrazine groups is 1. The minimum absolute atomic E-state index is 0.241. The second kappa shape index (κ2) is 8.58. The highest BCUT2D eigenvalue weighted by Gasteiger charge is 2.28. The van der Waals surface area contributed by atoms with Crippen molar-refractivity contribution in [3.8, 4) is 11.4 Å². The number of ether oxygens (including phenoxy) is 1. The first-order chi connectivity index (χ1) is 16.0. The second-order valence-corrected chi connectivity index (χ2v) is 8.25. The van der Waals surface area contributed by atoms with Crippen LogP contribution in [0.4, 0.5) is 4.39 Å². The molecule has 33 heavy (non-hydrogen) atoms. The van der Waals surface area contributed by atoms with E-state index in [0.29, 0.717) is 0 Å².